The smallest absolute Gasteiger partial charge is 0.310 e. The number of carbonyl (C=O) groups is 2. The van der Waals surface area contributed by atoms with Gasteiger partial charge in [0.05, 0.1) is 5.41 Å². The van der Waals surface area contributed by atoms with Gasteiger partial charge in [-0.05, 0) is 30.5 Å². The Balaban J connectivity index is 2.01. The molecule has 1 aromatic carbocycles. The largest absolute Gasteiger partial charge is 0.481 e. The SMILES string of the molecule is CN(Cc1cccc(Br)c1)C(=O)CC1(C(=O)O)CCCC1. The van der Waals surface area contributed by atoms with E-state index < -0.39 is 11.4 Å². The molecule has 1 saturated carbocycles. The summed E-state index contributed by atoms with van der Waals surface area (Å²) in [4.78, 5) is 25.5. The van der Waals surface area contributed by atoms with Gasteiger partial charge in [0, 0.05) is 24.5 Å². The number of carbonyl (C=O) groups excluding carboxylic acids is 1. The molecule has 1 aliphatic rings. The minimum atomic E-state index is -0.845. The Labute approximate surface area is 133 Å². The zero-order chi connectivity index (χ0) is 15.5. The van der Waals surface area contributed by atoms with Crippen molar-refractivity contribution in [2.45, 2.75) is 38.6 Å². The van der Waals surface area contributed by atoms with Crippen molar-refractivity contribution < 1.29 is 14.7 Å². The second kappa shape index (κ2) is 6.60. The van der Waals surface area contributed by atoms with E-state index in [0.29, 0.717) is 19.4 Å². The highest BCUT2D eigenvalue weighted by molar-refractivity contribution is 9.10. The van der Waals surface area contributed by atoms with Crippen LogP contribution >= 0.6 is 15.9 Å². The van der Waals surface area contributed by atoms with Crippen molar-refractivity contribution in [2.75, 3.05) is 7.05 Å². The molecule has 114 valence electrons. The molecule has 1 fully saturated rings. The van der Waals surface area contributed by atoms with Gasteiger partial charge >= 0.3 is 5.97 Å². The van der Waals surface area contributed by atoms with Gasteiger partial charge in [-0.1, -0.05) is 40.9 Å². The van der Waals surface area contributed by atoms with Crippen molar-refractivity contribution >= 4 is 27.8 Å². The minimum Gasteiger partial charge on any atom is -0.481 e. The highest BCUT2D eigenvalue weighted by Gasteiger charge is 2.43. The number of rotatable bonds is 5. The predicted molar refractivity (Wildman–Crippen MR) is 83.8 cm³/mol. The topological polar surface area (TPSA) is 57.6 Å². The van der Waals surface area contributed by atoms with Crippen molar-refractivity contribution in [2.24, 2.45) is 5.41 Å². The van der Waals surface area contributed by atoms with Crippen LogP contribution in [-0.4, -0.2) is 28.9 Å². The molecule has 0 bridgehead atoms. The molecule has 0 aliphatic heterocycles. The third kappa shape index (κ3) is 3.84. The van der Waals surface area contributed by atoms with Crippen LogP contribution in [0.5, 0.6) is 0 Å². The summed E-state index contributed by atoms with van der Waals surface area (Å²) in [6.07, 6.45) is 3.12. The maximum atomic E-state index is 12.3. The van der Waals surface area contributed by atoms with Crippen LogP contribution in [0.4, 0.5) is 0 Å². The van der Waals surface area contributed by atoms with Crippen LogP contribution in [0.3, 0.4) is 0 Å². The number of hydrogen-bond donors (Lipinski definition) is 1. The van der Waals surface area contributed by atoms with Crippen molar-refractivity contribution in [3.63, 3.8) is 0 Å². The Morgan fingerprint density at radius 2 is 2.00 bits per heavy atom. The van der Waals surface area contributed by atoms with Crippen molar-refractivity contribution in [1.29, 1.82) is 0 Å². The number of hydrogen-bond acceptors (Lipinski definition) is 2. The van der Waals surface area contributed by atoms with Gasteiger partial charge in [-0.2, -0.15) is 0 Å². The van der Waals surface area contributed by atoms with E-state index in [1.54, 1.807) is 11.9 Å². The molecule has 0 radical (unpaired) electrons. The zero-order valence-electron chi connectivity index (χ0n) is 12.1. The van der Waals surface area contributed by atoms with E-state index in [1.165, 1.54) is 0 Å². The second-order valence-electron chi connectivity index (χ2n) is 5.85. The summed E-state index contributed by atoms with van der Waals surface area (Å²) in [6, 6.07) is 7.78. The van der Waals surface area contributed by atoms with Crippen LogP contribution in [0.1, 0.15) is 37.7 Å². The molecule has 1 aliphatic carbocycles. The van der Waals surface area contributed by atoms with Gasteiger partial charge in [0.25, 0.3) is 0 Å². The molecule has 1 aromatic rings. The number of carboxylic acids is 1. The van der Waals surface area contributed by atoms with Crippen LogP contribution in [0, 0.1) is 5.41 Å². The Hall–Kier alpha value is -1.36. The van der Waals surface area contributed by atoms with Crippen LogP contribution < -0.4 is 0 Å². The summed E-state index contributed by atoms with van der Waals surface area (Å²) in [7, 11) is 1.73. The lowest BCUT2D eigenvalue weighted by molar-refractivity contribution is -0.153. The fourth-order valence-electron chi connectivity index (χ4n) is 2.94. The standard InChI is InChI=1S/C16H20BrNO3/c1-18(11-12-5-4-6-13(17)9-12)14(19)10-16(15(20)21)7-2-3-8-16/h4-6,9H,2-3,7-8,10-11H2,1H3,(H,20,21). The summed E-state index contributed by atoms with van der Waals surface area (Å²) < 4.78 is 0.971. The van der Waals surface area contributed by atoms with Crippen LogP contribution in [0.25, 0.3) is 0 Å². The molecule has 0 aromatic heterocycles. The van der Waals surface area contributed by atoms with Gasteiger partial charge in [-0.3, -0.25) is 9.59 Å². The first-order valence-electron chi connectivity index (χ1n) is 7.15. The Bertz CT molecular complexity index is 538. The predicted octanol–water partition coefficient (Wildman–Crippen LogP) is 3.44. The number of amides is 1. The first kappa shape index (κ1) is 16.0. The van der Waals surface area contributed by atoms with Gasteiger partial charge in [-0.15, -0.1) is 0 Å². The maximum Gasteiger partial charge on any atom is 0.310 e. The van der Waals surface area contributed by atoms with E-state index in [0.717, 1.165) is 22.9 Å². The van der Waals surface area contributed by atoms with Crippen LogP contribution in [0.2, 0.25) is 0 Å². The minimum absolute atomic E-state index is 0.0979. The average Bonchev–Trinajstić information content (AvgIpc) is 2.88. The molecule has 2 rings (SSSR count). The van der Waals surface area contributed by atoms with Crippen LogP contribution in [-0.2, 0) is 16.1 Å². The lowest BCUT2D eigenvalue weighted by atomic mass is 9.82. The Morgan fingerprint density at radius 1 is 1.33 bits per heavy atom. The Kier molecular flexibility index (Phi) is 5.04. The molecule has 5 heteroatoms. The normalized spacial score (nSPS) is 16.7. The molecule has 1 amide bonds. The number of nitrogens with zero attached hydrogens (tertiary/aromatic N) is 1. The zero-order valence-corrected chi connectivity index (χ0v) is 13.7. The first-order chi connectivity index (χ1) is 9.93. The quantitative estimate of drug-likeness (QED) is 0.881. The van der Waals surface area contributed by atoms with Gasteiger partial charge < -0.3 is 10.0 Å². The number of halogens is 1. The lowest BCUT2D eigenvalue weighted by Gasteiger charge is -2.26. The molecule has 21 heavy (non-hydrogen) atoms. The second-order valence-corrected chi connectivity index (χ2v) is 6.76. The van der Waals surface area contributed by atoms with E-state index in [-0.39, 0.29) is 12.3 Å². The molecule has 4 nitrogen and oxygen atoms in total. The molecule has 0 heterocycles. The molecule has 0 saturated heterocycles. The summed E-state index contributed by atoms with van der Waals surface area (Å²) in [5.74, 6) is -0.927. The van der Waals surface area contributed by atoms with E-state index in [2.05, 4.69) is 15.9 Å². The number of aliphatic carboxylic acids is 1. The highest BCUT2D eigenvalue weighted by Crippen LogP contribution is 2.41. The fraction of sp³-hybridized carbons (Fsp3) is 0.500. The van der Waals surface area contributed by atoms with E-state index in [9.17, 15) is 14.7 Å². The third-order valence-corrected chi connectivity index (χ3v) is 4.73. The molecule has 0 spiro atoms. The van der Waals surface area contributed by atoms with Gasteiger partial charge in [0.1, 0.15) is 0 Å². The first-order valence-corrected chi connectivity index (χ1v) is 7.94. The average molecular weight is 354 g/mol. The van der Waals surface area contributed by atoms with Gasteiger partial charge in [0.15, 0.2) is 0 Å². The summed E-state index contributed by atoms with van der Waals surface area (Å²) in [5.41, 5.74) is 0.179. The summed E-state index contributed by atoms with van der Waals surface area (Å²) in [6.45, 7) is 0.494. The van der Waals surface area contributed by atoms with Gasteiger partial charge in [-0.25, -0.2) is 0 Å². The third-order valence-electron chi connectivity index (χ3n) is 4.24. The van der Waals surface area contributed by atoms with Crippen molar-refractivity contribution in [3.8, 4) is 0 Å². The fourth-order valence-corrected chi connectivity index (χ4v) is 3.39. The van der Waals surface area contributed by atoms with Crippen LogP contribution in [0.15, 0.2) is 28.7 Å². The van der Waals surface area contributed by atoms with Crippen molar-refractivity contribution in [1.82, 2.24) is 4.90 Å². The number of carboxylic acid groups (broad SMARTS) is 1. The number of benzene rings is 1. The van der Waals surface area contributed by atoms with E-state index >= 15 is 0 Å². The molecule has 1 N–H and O–H groups in total. The monoisotopic (exact) mass is 353 g/mol. The Morgan fingerprint density at radius 3 is 2.57 bits per heavy atom. The van der Waals surface area contributed by atoms with Crippen molar-refractivity contribution in [3.05, 3.63) is 34.3 Å². The summed E-state index contributed by atoms with van der Waals surface area (Å²) in [5, 5.41) is 9.44. The molecular formula is C16H20BrNO3. The maximum absolute atomic E-state index is 12.3. The summed E-state index contributed by atoms with van der Waals surface area (Å²) >= 11 is 3.41. The van der Waals surface area contributed by atoms with E-state index in [1.807, 2.05) is 24.3 Å². The van der Waals surface area contributed by atoms with E-state index in [4.69, 9.17) is 0 Å². The lowest BCUT2D eigenvalue weighted by Crippen LogP contribution is -2.36. The molecule has 0 unspecified atom stereocenters. The van der Waals surface area contributed by atoms with Gasteiger partial charge in [0.2, 0.25) is 5.91 Å². The highest BCUT2D eigenvalue weighted by atomic mass is 79.9. The molecular weight excluding hydrogens is 334 g/mol. The molecule has 0 atom stereocenters.